The molecule has 4 rings (SSSR count). The van der Waals surface area contributed by atoms with Gasteiger partial charge in [-0.1, -0.05) is 12.8 Å². The van der Waals surface area contributed by atoms with Gasteiger partial charge in [-0.25, -0.2) is 14.3 Å². The molecule has 3 heterocycles. The number of aromatic nitrogens is 5. The van der Waals surface area contributed by atoms with Gasteiger partial charge in [-0.05, 0) is 24.8 Å². The second-order valence-electron chi connectivity index (χ2n) is 5.61. The van der Waals surface area contributed by atoms with Crippen LogP contribution in [0.1, 0.15) is 37.2 Å². The van der Waals surface area contributed by atoms with Crippen LogP contribution < -0.4 is 11.2 Å². The van der Waals surface area contributed by atoms with E-state index in [-0.39, 0.29) is 0 Å². The van der Waals surface area contributed by atoms with E-state index in [0.29, 0.717) is 11.7 Å². The minimum atomic E-state index is -0.489. The Kier molecular flexibility index (Phi) is 2.92. The summed E-state index contributed by atoms with van der Waals surface area (Å²) >= 11 is 0. The van der Waals surface area contributed by atoms with Crippen molar-refractivity contribution in [1.29, 1.82) is 0 Å². The highest BCUT2D eigenvalue weighted by Gasteiger charge is 2.22. The fraction of sp³-hybridized carbons (Fsp3) is 0.333. The topological polar surface area (TPSA) is 85.0 Å². The van der Waals surface area contributed by atoms with Crippen molar-refractivity contribution in [2.45, 2.75) is 31.6 Å². The molecule has 0 amide bonds. The fourth-order valence-electron chi connectivity index (χ4n) is 3.18. The normalized spacial score (nSPS) is 15.6. The molecule has 1 aliphatic rings. The molecular formula is C15H15N5O2. The van der Waals surface area contributed by atoms with Crippen LogP contribution in [0, 0.1) is 0 Å². The van der Waals surface area contributed by atoms with E-state index >= 15 is 0 Å². The second kappa shape index (κ2) is 4.94. The number of rotatable bonds is 2. The van der Waals surface area contributed by atoms with Crippen LogP contribution >= 0.6 is 0 Å². The first-order valence-corrected chi connectivity index (χ1v) is 7.39. The zero-order chi connectivity index (χ0) is 15.1. The molecule has 0 spiro atoms. The molecule has 22 heavy (non-hydrogen) atoms. The quantitative estimate of drug-likeness (QED) is 0.771. The molecule has 3 aromatic rings. The van der Waals surface area contributed by atoms with Crippen LogP contribution in [0.4, 0.5) is 0 Å². The Hall–Kier alpha value is -2.70. The van der Waals surface area contributed by atoms with Crippen molar-refractivity contribution in [3.8, 4) is 5.82 Å². The second-order valence-corrected chi connectivity index (χ2v) is 5.61. The van der Waals surface area contributed by atoms with E-state index in [2.05, 4.69) is 15.1 Å². The Labute approximate surface area is 125 Å². The van der Waals surface area contributed by atoms with Crippen LogP contribution in [0.5, 0.6) is 0 Å². The zero-order valence-corrected chi connectivity index (χ0v) is 11.9. The van der Waals surface area contributed by atoms with Crippen molar-refractivity contribution >= 4 is 5.65 Å². The summed E-state index contributed by atoms with van der Waals surface area (Å²) in [4.78, 5) is 29.9. The van der Waals surface area contributed by atoms with Crippen LogP contribution in [0.2, 0.25) is 0 Å². The molecule has 7 nitrogen and oxygen atoms in total. The molecule has 0 aliphatic heterocycles. The van der Waals surface area contributed by atoms with Gasteiger partial charge >= 0.3 is 5.69 Å². The first-order valence-electron chi connectivity index (χ1n) is 7.39. The Morgan fingerprint density at radius 1 is 1.18 bits per heavy atom. The average Bonchev–Trinajstić information content (AvgIpc) is 3.17. The molecule has 0 bridgehead atoms. The van der Waals surface area contributed by atoms with Gasteiger partial charge in [-0.15, -0.1) is 5.10 Å². The van der Waals surface area contributed by atoms with Crippen molar-refractivity contribution in [2.75, 3.05) is 0 Å². The van der Waals surface area contributed by atoms with Crippen LogP contribution in [-0.4, -0.2) is 24.1 Å². The van der Waals surface area contributed by atoms with Gasteiger partial charge in [-0.3, -0.25) is 14.3 Å². The van der Waals surface area contributed by atoms with Crippen molar-refractivity contribution in [2.24, 2.45) is 0 Å². The van der Waals surface area contributed by atoms with E-state index < -0.39 is 11.2 Å². The number of hydrogen-bond donors (Lipinski definition) is 1. The molecule has 0 saturated heterocycles. The summed E-state index contributed by atoms with van der Waals surface area (Å²) in [6.07, 6.45) is 9.62. The van der Waals surface area contributed by atoms with E-state index in [1.165, 1.54) is 29.7 Å². The number of hydrogen-bond acceptors (Lipinski definition) is 4. The minimum Gasteiger partial charge on any atom is -0.274 e. The summed E-state index contributed by atoms with van der Waals surface area (Å²) in [7, 11) is 0. The maximum absolute atomic E-state index is 12.0. The van der Waals surface area contributed by atoms with Crippen molar-refractivity contribution in [3.05, 3.63) is 57.1 Å². The fourth-order valence-corrected chi connectivity index (χ4v) is 3.18. The van der Waals surface area contributed by atoms with Crippen molar-refractivity contribution in [1.82, 2.24) is 24.1 Å². The molecule has 0 aromatic carbocycles. The maximum Gasteiger partial charge on any atom is 0.334 e. The van der Waals surface area contributed by atoms with Gasteiger partial charge in [0.25, 0.3) is 5.56 Å². The van der Waals surface area contributed by atoms with Crippen LogP contribution in [0.3, 0.4) is 0 Å². The van der Waals surface area contributed by atoms with Gasteiger partial charge in [-0.2, -0.15) is 0 Å². The number of aromatic amines is 1. The summed E-state index contributed by atoms with van der Waals surface area (Å²) < 4.78 is 3.04. The lowest BCUT2D eigenvalue weighted by atomic mass is 9.99. The van der Waals surface area contributed by atoms with Crippen LogP contribution in [-0.2, 0) is 0 Å². The van der Waals surface area contributed by atoms with E-state index in [0.717, 1.165) is 24.1 Å². The third-order valence-electron chi connectivity index (χ3n) is 4.24. The number of nitrogens with zero attached hydrogens (tertiary/aromatic N) is 4. The van der Waals surface area contributed by atoms with Crippen molar-refractivity contribution < 1.29 is 0 Å². The maximum atomic E-state index is 12.0. The summed E-state index contributed by atoms with van der Waals surface area (Å²) in [5.74, 6) is 0.943. The molecule has 3 aromatic heterocycles. The van der Waals surface area contributed by atoms with Crippen molar-refractivity contribution in [3.63, 3.8) is 0 Å². The van der Waals surface area contributed by atoms with E-state index in [4.69, 9.17) is 0 Å². The lowest BCUT2D eigenvalue weighted by Crippen LogP contribution is -2.28. The number of nitrogens with one attached hydrogen (secondary N) is 1. The standard InChI is InChI=1S/C15H15N5O2/c21-13-5-7-19(15(22)17-13)12-9-11(10-3-1-2-4-10)14-16-6-8-20(14)18-12/h5-10H,1-4H2,(H,17,21,22). The Bertz CT molecular complexity index is 946. The van der Waals surface area contributed by atoms with Gasteiger partial charge in [0.15, 0.2) is 11.5 Å². The summed E-state index contributed by atoms with van der Waals surface area (Å²) in [5, 5.41) is 4.42. The largest absolute Gasteiger partial charge is 0.334 e. The molecule has 1 aliphatic carbocycles. The summed E-state index contributed by atoms with van der Waals surface area (Å²) in [6, 6.07) is 3.23. The van der Waals surface area contributed by atoms with Crippen LogP contribution in [0.25, 0.3) is 11.5 Å². The highest BCUT2D eigenvalue weighted by molar-refractivity contribution is 5.51. The molecule has 112 valence electrons. The Balaban J connectivity index is 1.94. The molecule has 0 unspecified atom stereocenters. The predicted molar refractivity (Wildman–Crippen MR) is 80.4 cm³/mol. The van der Waals surface area contributed by atoms with E-state index in [1.807, 2.05) is 6.07 Å². The van der Waals surface area contributed by atoms with E-state index in [9.17, 15) is 9.59 Å². The highest BCUT2D eigenvalue weighted by Crippen LogP contribution is 2.36. The minimum absolute atomic E-state index is 0.416. The van der Waals surface area contributed by atoms with Gasteiger partial charge in [0.05, 0.1) is 0 Å². The predicted octanol–water partition coefficient (Wildman–Crippen LogP) is 1.23. The average molecular weight is 297 g/mol. The van der Waals surface area contributed by atoms with Gasteiger partial charge in [0, 0.05) is 30.2 Å². The van der Waals surface area contributed by atoms with E-state index in [1.54, 1.807) is 16.9 Å². The number of fused-ring (bicyclic) bond motifs is 1. The van der Waals surface area contributed by atoms with Gasteiger partial charge in [0.2, 0.25) is 0 Å². The molecular weight excluding hydrogens is 282 g/mol. The lowest BCUT2D eigenvalue weighted by molar-refractivity contribution is 0.709. The SMILES string of the molecule is O=c1ccn(-c2cc(C3CCCC3)c3nccn3n2)c(=O)[nH]1. The monoisotopic (exact) mass is 297 g/mol. The van der Waals surface area contributed by atoms with Gasteiger partial charge < -0.3 is 0 Å². The molecule has 7 heteroatoms. The molecule has 1 saturated carbocycles. The van der Waals surface area contributed by atoms with Crippen LogP contribution in [0.15, 0.2) is 40.3 Å². The smallest absolute Gasteiger partial charge is 0.274 e. The summed E-state index contributed by atoms with van der Waals surface area (Å²) in [5.41, 5.74) is 1.05. The number of H-pyrrole nitrogens is 1. The van der Waals surface area contributed by atoms with Gasteiger partial charge in [0.1, 0.15) is 0 Å². The first-order chi connectivity index (χ1) is 10.7. The third kappa shape index (κ3) is 2.05. The Morgan fingerprint density at radius 3 is 2.77 bits per heavy atom. The highest BCUT2D eigenvalue weighted by atomic mass is 16.2. The molecule has 1 N–H and O–H groups in total. The third-order valence-corrected chi connectivity index (χ3v) is 4.24. The summed E-state index contributed by atoms with van der Waals surface area (Å²) in [6.45, 7) is 0. The lowest BCUT2D eigenvalue weighted by Gasteiger charge is -2.13. The zero-order valence-electron chi connectivity index (χ0n) is 11.9. The molecule has 1 fully saturated rings. The molecule has 0 radical (unpaired) electrons. The first kappa shape index (κ1) is 13.0. The number of imidazole rings is 1. The molecule has 0 atom stereocenters. The Morgan fingerprint density at radius 2 is 2.00 bits per heavy atom.